The number of hydrogen-bond donors (Lipinski definition) is 3. The Labute approximate surface area is 138 Å². The third-order valence-corrected chi connectivity index (χ3v) is 4.15. The van der Waals surface area contributed by atoms with E-state index in [4.69, 9.17) is 0 Å². The van der Waals surface area contributed by atoms with Gasteiger partial charge in [-0.1, -0.05) is 17.7 Å². The van der Waals surface area contributed by atoms with Crippen LogP contribution in [0, 0.1) is 5.92 Å². The Morgan fingerprint density at radius 2 is 2.22 bits per heavy atom. The van der Waals surface area contributed by atoms with Gasteiger partial charge >= 0.3 is 6.03 Å². The fraction of sp³-hybridized carbons (Fsp3) is 0.556. The van der Waals surface area contributed by atoms with Crippen LogP contribution in [0.1, 0.15) is 37.8 Å². The van der Waals surface area contributed by atoms with Gasteiger partial charge in [-0.25, -0.2) is 4.79 Å². The number of carbonyl (C=O) groups is 1. The van der Waals surface area contributed by atoms with Crippen LogP contribution in [0.4, 0.5) is 4.79 Å². The van der Waals surface area contributed by atoms with Crippen molar-refractivity contribution >= 4 is 6.03 Å². The van der Waals surface area contributed by atoms with Crippen molar-refractivity contribution in [3.63, 3.8) is 0 Å². The number of rotatable bonds is 8. The molecular formula is C18H27N3O2. The second kappa shape index (κ2) is 10.0. The molecule has 0 aromatic carbocycles. The molecule has 5 heteroatoms. The quantitative estimate of drug-likeness (QED) is 0.645. The Morgan fingerprint density at radius 1 is 1.30 bits per heavy atom. The zero-order chi connectivity index (χ0) is 16.3. The average Bonchev–Trinajstić information content (AvgIpc) is 2.60. The van der Waals surface area contributed by atoms with Crippen molar-refractivity contribution in [2.24, 2.45) is 5.92 Å². The first-order chi connectivity index (χ1) is 11.3. The molecule has 0 saturated carbocycles. The molecule has 0 saturated heterocycles. The molecule has 3 N–H and O–H groups in total. The molecule has 1 aliphatic rings. The van der Waals surface area contributed by atoms with E-state index in [1.807, 2.05) is 18.2 Å². The first kappa shape index (κ1) is 17.5. The highest BCUT2D eigenvalue weighted by Crippen LogP contribution is 2.19. The first-order valence-corrected chi connectivity index (χ1v) is 8.48. The summed E-state index contributed by atoms with van der Waals surface area (Å²) in [6.07, 6.45) is 10.5. The highest BCUT2D eigenvalue weighted by molar-refractivity contribution is 5.73. The Hall–Kier alpha value is -1.88. The van der Waals surface area contributed by atoms with Crippen molar-refractivity contribution < 1.29 is 9.90 Å². The van der Waals surface area contributed by atoms with Crippen molar-refractivity contribution in [1.29, 1.82) is 0 Å². The van der Waals surface area contributed by atoms with Gasteiger partial charge < -0.3 is 15.7 Å². The van der Waals surface area contributed by atoms with Gasteiger partial charge in [0.2, 0.25) is 0 Å². The van der Waals surface area contributed by atoms with Crippen LogP contribution >= 0.6 is 0 Å². The van der Waals surface area contributed by atoms with Crippen LogP contribution in [0.15, 0.2) is 36.0 Å². The van der Waals surface area contributed by atoms with Gasteiger partial charge in [0.15, 0.2) is 0 Å². The summed E-state index contributed by atoms with van der Waals surface area (Å²) in [6.45, 7) is 1.15. The van der Waals surface area contributed by atoms with E-state index in [1.54, 1.807) is 6.20 Å². The van der Waals surface area contributed by atoms with Crippen LogP contribution in [0.3, 0.4) is 0 Å². The van der Waals surface area contributed by atoms with Crippen LogP contribution in [0.25, 0.3) is 0 Å². The van der Waals surface area contributed by atoms with Gasteiger partial charge in [0.1, 0.15) is 0 Å². The van der Waals surface area contributed by atoms with Gasteiger partial charge in [-0.15, -0.1) is 0 Å². The molecule has 0 fully saturated rings. The second-order valence-electron chi connectivity index (χ2n) is 6.07. The lowest BCUT2D eigenvalue weighted by molar-refractivity contribution is 0.213. The lowest BCUT2D eigenvalue weighted by Gasteiger charge is -2.16. The number of allylic oxidation sites excluding steroid dienone is 1. The highest BCUT2D eigenvalue weighted by atomic mass is 16.3. The van der Waals surface area contributed by atoms with Gasteiger partial charge in [0.25, 0.3) is 0 Å². The van der Waals surface area contributed by atoms with Gasteiger partial charge in [-0.3, -0.25) is 4.98 Å². The minimum atomic E-state index is -0.166. The number of carbonyl (C=O) groups excluding carboxylic acids is 1. The fourth-order valence-corrected chi connectivity index (χ4v) is 2.78. The van der Waals surface area contributed by atoms with Crippen LogP contribution in [0.5, 0.6) is 0 Å². The monoisotopic (exact) mass is 317 g/mol. The first-order valence-electron chi connectivity index (χ1n) is 8.48. The van der Waals surface area contributed by atoms with Crippen molar-refractivity contribution in [2.75, 3.05) is 19.7 Å². The largest absolute Gasteiger partial charge is 0.396 e. The summed E-state index contributed by atoms with van der Waals surface area (Å²) in [6, 6.07) is 5.56. The summed E-state index contributed by atoms with van der Waals surface area (Å²) in [5.74, 6) is -0.0169. The molecule has 1 aliphatic carbocycles. The molecule has 126 valence electrons. The molecule has 0 spiro atoms. The van der Waals surface area contributed by atoms with Crippen molar-refractivity contribution in [3.05, 3.63) is 41.7 Å². The summed E-state index contributed by atoms with van der Waals surface area (Å²) in [7, 11) is 0. The highest BCUT2D eigenvalue weighted by Gasteiger charge is 2.11. The van der Waals surface area contributed by atoms with E-state index in [0.717, 1.165) is 12.1 Å². The topological polar surface area (TPSA) is 74.2 Å². The van der Waals surface area contributed by atoms with E-state index in [9.17, 15) is 9.90 Å². The number of aromatic nitrogens is 1. The maximum atomic E-state index is 11.8. The van der Waals surface area contributed by atoms with Crippen molar-refractivity contribution in [3.8, 4) is 0 Å². The average molecular weight is 317 g/mol. The van der Waals surface area contributed by atoms with E-state index >= 15 is 0 Å². The van der Waals surface area contributed by atoms with Crippen molar-refractivity contribution in [2.45, 2.75) is 38.5 Å². The van der Waals surface area contributed by atoms with Gasteiger partial charge in [0.05, 0.1) is 0 Å². The number of urea groups is 1. The summed E-state index contributed by atoms with van der Waals surface area (Å²) in [5, 5.41) is 15.2. The molecule has 23 heavy (non-hydrogen) atoms. The molecule has 0 bridgehead atoms. The molecule has 1 unspecified atom stereocenters. The van der Waals surface area contributed by atoms with Crippen LogP contribution < -0.4 is 10.6 Å². The van der Waals surface area contributed by atoms with E-state index in [-0.39, 0.29) is 18.6 Å². The molecule has 0 radical (unpaired) electrons. The molecule has 5 nitrogen and oxygen atoms in total. The Kier molecular flexibility index (Phi) is 7.60. The van der Waals surface area contributed by atoms with E-state index < -0.39 is 0 Å². The predicted octanol–water partition coefficient (Wildman–Crippen LogP) is 2.42. The molecule has 1 aromatic rings. The number of pyridine rings is 1. The van der Waals surface area contributed by atoms with Gasteiger partial charge in [-0.05, 0) is 50.7 Å². The van der Waals surface area contributed by atoms with E-state index in [2.05, 4.69) is 21.7 Å². The van der Waals surface area contributed by atoms with Crippen LogP contribution in [0.2, 0.25) is 0 Å². The van der Waals surface area contributed by atoms with E-state index in [0.29, 0.717) is 19.5 Å². The number of aliphatic hydroxyl groups is 1. The molecular weight excluding hydrogens is 290 g/mol. The number of nitrogens with zero attached hydrogens (tertiary/aromatic N) is 1. The lowest BCUT2D eigenvalue weighted by atomic mass is 9.97. The molecule has 1 heterocycles. The molecule has 2 amide bonds. The third kappa shape index (κ3) is 6.82. The lowest BCUT2D eigenvalue weighted by Crippen LogP contribution is -2.39. The fourth-order valence-electron chi connectivity index (χ4n) is 2.78. The predicted molar refractivity (Wildman–Crippen MR) is 91.1 cm³/mol. The Morgan fingerprint density at radius 3 is 2.91 bits per heavy atom. The maximum Gasteiger partial charge on any atom is 0.314 e. The Bertz CT molecular complexity index is 502. The Balaban J connectivity index is 1.63. The summed E-state index contributed by atoms with van der Waals surface area (Å²) in [4.78, 5) is 16.1. The van der Waals surface area contributed by atoms with Crippen molar-refractivity contribution in [1.82, 2.24) is 15.6 Å². The molecule has 1 atom stereocenters. The van der Waals surface area contributed by atoms with Gasteiger partial charge in [-0.2, -0.15) is 0 Å². The molecule has 1 aromatic heterocycles. The summed E-state index contributed by atoms with van der Waals surface area (Å²) in [5.41, 5.74) is 2.39. The normalized spacial score (nSPS) is 15.6. The molecule has 2 rings (SSSR count). The second-order valence-corrected chi connectivity index (χ2v) is 6.07. The third-order valence-electron chi connectivity index (χ3n) is 4.15. The molecule has 0 aliphatic heterocycles. The smallest absolute Gasteiger partial charge is 0.314 e. The SMILES string of the molecule is O=C(NCCC1=CCCCC1)NCC(CO)Cc1ccccn1. The standard InChI is InChI=1S/C18H27N3O2/c22-14-16(12-17-8-4-5-10-19-17)13-21-18(23)20-11-9-15-6-2-1-3-7-15/h4-6,8,10,16,22H,1-3,7,9,11-14H2,(H2,20,21,23). The summed E-state index contributed by atoms with van der Waals surface area (Å²) >= 11 is 0. The van der Waals surface area contributed by atoms with Crippen LogP contribution in [-0.4, -0.2) is 35.8 Å². The zero-order valence-electron chi connectivity index (χ0n) is 13.6. The number of amides is 2. The minimum Gasteiger partial charge on any atom is -0.396 e. The minimum absolute atomic E-state index is 0.0169. The van der Waals surface area contributed by atoms with Crippen LogP contribution in [-0.2, 0) is 6.42 Å². The summed E-state index contributed by atoms with van der Waals surface area (Å²) < 4.78 is 0. The number of hydrogen-bond acceptors (Lipinski definition) is 3. The van der Waals surface area contributed by atoms with E-state index in [1.165, 1.54) is 31.3 Å². The zero-order valence-corrected chi connectivity index (χ0v) is 13.6. The number of aliphatic hydroxyl groups excluding tert-OH is 1. The van der Waals surface area contributed by atoms with Gasteiger partial charge in [0, 0.05) is 37.5 Å². The number of nitrogens with one attached hydrogen (secondary N) is 2. The maximum absolute atomic E-state index is 11.8.